The third-order valence-corrected chi connectivity index (χ3v) is 6.69. The summed E-state index contributed by atoms with van der Waals surface area (Å²) in [4.78, 5) is 14.9. The summed E-state index contributed by atoms with van der Waals surface area (Å²) in [5, 5.41) is 17.1. The second kappa shape index (κ2) is 8.41. The van der Waals surface area contributed by atoms with Crippen LogP contribution in [0.1, 0.15) is 24.0 Å². The van der Waals surface area contributed by atoms with Crippen LogP contribution in [0.5, 0.6) is 5.75 Å². The number of aryl methyl sites for hydroxylation is 1. The highest BCUT2D eigenvalue weighted by Gasteiger charge is 2.21. The lowest BCUT2D eigenvalue weighted by atomic mass is 9.94. The molecule has 5 rings (SSSR count). The van der Waals surface area contributed by atoms with Crippen molar-refractivity contribution in [3.63, 3.8) is 0 Å². The van der Waals surface area contributed by atoms with Crippen LogP contribution in [0.4, 0.5) is 0 Å². The van der Waals surface area contributed by atoms with E-state index in [-0.39, 0.29) is 12.3 Å². The van der Waals surface area contributed by atoms with Crippen molar-refractivity contribution < 1.29 is 9.84 Å². The molecule has 0 bridgehead atoms. The van der Waals surface area contributed by atoms with Gasteiger partial charge < -0.3 is 9.84 Å². The quantitative estimate of drug-likeness (QED) is 0.505. The molecule has 4 aromatic rings. The van der Waals surface area contributed by atoms with Gasteiger partial charge in [0.05, 0.1) is 12.6 Å². The third kappa shape index (κ3) is 3.57. The lowest BCUT2D eigenvalue weighted by molar-refractivity contribution is 0.127. The van der Waals surface area contributed by atoms with Crippen molar-refractivity contribution in [1.82, 2.24) is 19.5 Å². The summed E-state index contributed by atoms with van der Waals surface area (Å²) in [5.41, 5.74) is 5.49. The molecular formula is C25H28N4O3. The third-order valence-electron chi connectivity index (χ3n) is 6.69. The maximum absolute atomic E-state index is 12.5. The maximum Gasteiger partial charge on any atom is 0.348 e. The summed E-state index contributed by atoms with van der Waals surface area (Å²) in [7, 11) is 1.69. The number of piperidine rings is 1. The average molecular weight is 433 g/mol. The number of nitrogens with one attached hydrogen (secondary N) is 1. The van der Waals surface area contributed by atoms with E-state index in [9.17, 15) is 9.90 Å². The first kappa shape index (κ1) is 20.7. The highest BCUT2D eigenvalue weighted by molar-refractivity contribution is 5.92. The average Bonchev–Trinajstić information content (AvgIpc) is 3.19. The lowest BCUT2D eigenvalue weighted by Crippen LogP contribution is -2.34. The van der Waals surface area contributed by atoms with Crippen LogP contribution in [-0.2, 0) is 6.54 Å². The van der Waals surface area contributed by atoms with E-state index in [1.54, 1.807) is 11.5 Å². The van der Waals surface area contributed by atoms with Crippen molar-refractivity contribution in [3.8, 4) is 16.9 Å². The van der Waals surface area contributed by atoms with Gasteiger partial charge in [0.1, 0.15) is 5.75 Å². The predicted octanol–water partition coefficient (Wildman–Crippen LogP) is 3.36. The molecule has 0 spiro atoms. The minimum atomic E-state index is -0.249. The normalized spacial score (nSPS) is 15.6. The number of nitrogens with zero attached hydrogens (tertiary/aromatic N) is 3. The molecule has 7 nitrogen and oxygen atoms in total. The molecule has 32 heavy (non-hydrogen) atoms. The number of pyridine rings is 1. The minimum absolute atomic E-state index is 0.249. The van der Waals surface area contributed by atoms with Gasteiger partial charge in [0, 0.05) is 24.1 Å². The highest BCUT2D eigenvalue weighted by atomic mass is 16.5. The van der Waals surface area contributed by atoms with E-state index in [0.29, 0.717) is 11.6 Å². The van der Waals surface area contributed by atoms with Gasteiger partial charge in [0.25, 0.3) is 0 Å². The number of methoxy groups -OCH3 is 1. The van der Waals surface area contributed by atoms with Crippen LogP contribution in [0.25, 0.3) is 27.7 Å². The molecule has 166 valence electrons. The number of aromatic nitrogens is 3. The largest absolute Gasteiger partial charge is 0.496 e. The first-order valence-electron chi connectivity index (χ1n) is 11.1. The molecule has 1 aliphatic heterocycles. The number of aliphatic hydroxyl groups excluding tert-OH is 1. The fourth-order valence-corrected chi connectivity index (χ4v) is 4.85. The van der Waals surface area contributed by atoms with E-state index < -0.39 is 0 Å². The summed E-state index contributed by atoms with van der Waals surface area (Å²) >= 11 is 0. The standard InChI is InChI=1S/C25H28N4O3/c1-16-11-24-26-27-25(31)29(24)22-12-21(23(32-2)13-20(16)22)19-6-4-3-5-18(19)14-28-9-7-17(15-30)8-10-28/h3-6,11-13,17,30H,7-10,14-15H2,1-2H3,(H,27,31). The molecule has 0 aliphatic carbocycles. The number of fused-ring (bicyclic) bond motifs is 3. The van der Waals surface area contributed by atoms with Gasteiger partial charge >= 0.3 is 5.69 Å². The molecule has 0 unspecified atom stereocenters. The zero-order valence-corrected chi connectivity index (χ0v) is 18.5. The molecule has 1 fully saturated rings. The Labute approximate surface area is 186 Å². The maximum atomic E-state index is 12.5. The SMILES string of the molecule is COc1cc2c(C)cc3n[nH]c(=O)n3c2cc1-c1ccccc1CN1CCC(CO)CC1. The Balaban J connectivity index is 1.63. The number of benzene rings is 2. The predicted molar refractivity (Wildman–Crippen MR) is 125 cm³/mol. The summed E-state index contributed by atoms with van der Waals surface area (Å²) < 4.78 is 7.43. The Morgan fingerprint density at radius 1 is 1.16 bits per heavy atom. The second-order valence-corrected chi connectivity index (χ2v) is 8.68. The van der Waals surface area contributed by atoms with Crippen LogP contribution >= 0.6 is 0 Å². The van der Waals surface area contributed by atoms with E-state index in [0.717, 1.165) is 65.8 Å². The van der Waals surface area contributed by atoms with Gasteiger partial charge in [-0.1, -0.05) is 24.3 Å². The number of hydrogen-bond donors (Lipinski definition) is 2. The zero-order chi connectivity index (χ0) is 22.2. The molecule has 2 aromatic carbocycles. The second-order valence-electron chi connectivity index (χ2n) is 8.68. The first-order valence-corrected chi connectivity index (χ1v) is 11.1. The van der Waals surface area contributed by atoms with Gasteiger partial charge in [-0.25, -0.2) is 14.3 Å². The Hall–Kier alpha value is -3.16. The van der Waals surface area contributed by atoms with Crippen molar-refractivity contribution in [2.24, 2.45) is 5.92 Å². The van der Waals surface area contributed by atoms with E-state index in [2.05, 4.69) is 33.3 Å². The van der Waals surface area contributed by atoms with E-state index in [1.165, 1.54) is 5.56 Å². The van der Waals surface area contributed by atoms with Crippen molar-refractivity contribution in [3.05, 3.63) is 64.1 Å². The molecule has 0 radical (unpaired) electrons. The molecule has 2 N–H and O–H groups in total. The van der Waals surface area contributed by atoms with Crippen LogP contribution in [0.2, 0.25) is 0 Å². The number of H-pyrrole nitrogens is 1. The van der Waals surface area contributed by atoms with Crippen molar-refractivity contribution in [1.29, 1.82) is 0 Å². The summed E-state index contributed by atoms with van der Waals surface area (Å²) in [6.07, 6.45) is 2.05. The monoisotopic (exact) mass is 432 g/mol. The van der Waals surface area contributed by atoms with Gasteiger partial charge in [0.15, 0.2) is 5.65 Å². The van der Waals surface area contributed by atoms with Crippen LogP contribution in [0, 0.1) is 12.8 Å². The van der Waals surface area contributed by atoms with E-state index >= 15 is 0 Å². The Bertz CT molecular complexity index is 1330. The molecule has 0 amide bonds. The van der Waals surface area contributed by atoms with Gasteiger partial charge in [-0.05, 0) is 73.7 Å². The van der Waals surface area contributed by atoms with Gasteiger partial charge in [-0.2, -0.15) is 5.10 Å². The molecular weight excluding hydrogens is 404 g/mol. The Kier molecular flexibility index (Phi) is 5.45. The number of likely N-dealkylation sites (tertiary alicyclic amines) is 1. The minimum Gasteiger partial charge on any atom is -0.496 e. The van der Waals surface area contributed by atoms with E-state index in [4.69, 9.17) is 4.74 Å². The fourth-order valence-electron chi connectivity index (χ4n) is 4.85. The number of rotatable bonds is 5. The van der Waals surface area contributed by atoms with Gasteiger partial charge in [-0.3, -0.25) is 4.90 Å². The number of ether oxygens (including phenoxy) is 1. The first-order chi connectivity index (χ1) is 15.6. The molecule has 1 aliphatic rings. The summed E-state index contributed by atoms with van der Waals surface area (Å²) in [5.74, 6) is 1.20. The number of hydrogen-bond acceptors (Lipinski definition) is 5. The van der Waals surface area contributed by atoms with E-state index in [1.807, 2.05) is 31.2 Å². The topological polar surface area (TPSA) is 82.9 Å². The molecule has 7 heteroatoms. The van der Waals surface area contributed by atoms with Crippen LogP contribution in [0.15, 0.2) is 47.3 Å². The van der Waals surface area contributed by atoms with Crippen LogP contribution < -0.4 is 10.4 Å². The Morgan fingerprint density at radius 2 is 1.94 bits per heavy atom. The van der Waals surface area contributed by atoms with Crippen LogP contribution in [0.3, 0.4) is 0 Å². The molecule has 2 aromatic heterocycles. The number of aromatic amines is 1. The Morgan fingerprint density at radius 3 is 2.69 bits per heavy atom. The highest BCUT2D eigenvalue weighted by Crippen LogP contribution is 2.37. The summed E-state index contributed by atoms with van der Waals surface area (Å²) in [6.45, 7) is 5.10. The van der Waals surface area contributed by atoms with Crippen LogP contribution in [-0.4, -0.2) is 51.4 Å². The molecule has 0 saturated carbocycles. The molecule has 1 saturated heterocycles. The lowest BCUT2D eigenvalue weighted by Gasteiger charge is -2.31. The number of aliphatic hydroxyl groups is 1. The van der Waals surface area contributed by atoms with Crippen molar-refractivity contribution >= 4 is 16.6 Å². The fraction of sp³-hybridized carbons (Fsp3) is 0.360. The smallest absolute Gasteiger partial charge is 0.348 e. The van der Waals surface area contributed by atoms with Gasteiger partial charge in [0.2, 0.25) is 0 Å². The van der Waals surface area contributed by atoms with Crippen molar-refractivity contribution in [2.75, 3.05) is 26.8 Å². The van der Waals surface area contributed by atoms with Gasteiger partial charge in [-0.15, -0.1) is 0 Å². The summed E-state index contributed by atoms with van der Waals surface area (Å²) in [6, 6.07) is 14.3. The zero-order valence-electron chi connectivity index (χ0n) is 18.5. The molecule has 0 atom stereocenters. The molecule has 3 heterocycles. The van der Waals surface area contributed by atoms with Crippen molar-refractivity contribution in [2.45, 2.75) is 26.3 Å².